The zero-order valence-electron chi connectivity index (χ0n) is 10.4. The number of hydrogen-bond donors (Lipinski definition) is 0. The van der Waals surface area contributed by atoms with Crippen molar-refractivity contribution in [1.29, 1.82) is 0 Å². The van der Waals surface area contributed by atoms with Crippen LogP contribution in [0.15, 0.2) is 6.07 Å². The van der Waals surface area contributed by atoms with Crippen LogP contribution in [0.1, 0.15) is 44.9 Å². The molecule has 0 N–H and O–H groups in total. The van der Waals surface area contributed by atoms with Crippen LogP contribution in [0.25, 0.3) is 0 Å². The van der Waals surface area contributed by atoms with Gasteiger partial charge in [-0.05, 0) is 24.7 Å². The largest absolute Gasteiger partial charge is 0.356 e. The van der Waals surface area contributed by atoms with Gasteiger partial charge in [-0.1, -0.05) is 25.4 Å². The van der Waals surface area contributed by atoms with Gasteiger partial charge in [-0.3, -0.25) is 0 Å². The topological polar surface area (TPSA) is 29.0 Å². The summed E-state index contributed by atoms with van der Waals surface area (Å²) in [6, 6.07) is 1.90. The van der Waals surface area contributed by atoms with Gasteiger partial charge in [0.15, 0.2) is 0 Å². The molecule has 92 valence electrons. The quantitative estimate of drug-likeness (QED) is 0.756. The van der Waals surface area contributed by atoms with E-state index in [0.717, 1.165) is 24.7 Å². The fourth-order valence-electron chi connectivity index (χ4n) is 2.42. The Hall–Kier alpha value is -0.830. The maximum atomic E-state index is 6.09. The van der Waals surface area contributed by atoms with Crippen molar-refractivity contribution in [3.8, 4) is 0 Å². The first kappa shape index (κ1) is 11.3. The number of nitrogens with zero attached hydrogens (tertiary/aromatic N) is 3. The molecule has 0 unspecified atom stereocenters. The van der Waals surface area contributed by atoms with Gasteiger partial charge >= 0.3 is 0 Å². The molecular formula is C13H18ClN3. The Morgan fingerprint density at radius 2 is 2.12 bits per heavy atom. The highest BCUT2D eigenvalue weighted by atomic mass is 35.5. The number of halogens is 1. The van der Waals surface area contributed by atoms with Crippen LogP contribution in [0.2, 0.25) is 5.15 Å². The molecule has 2 heterocycles. The fraction of sp³-hybridized carbons (Fsp3) is 0.692. The van der Waals surface area contributed by atoms with E-state index >= 15 is 0 Å². The van der Waals surface area contributed by atoms with Crippen molar-refractivity contribution in [2.24, 2.45) is 5.41 Å². The third kappa shape index (κ3) is 2.39. The van der Waals surface area contributed by atoms with Crippen LogP contribution in [0.5, 0.6) is 0 Å². The fourth-order valence-corrected chi connectivity index (χ4v) is 2.60. The molecule has 2 fully saturated rings. The highest BCUT2D eigenvalue weighted by Crippen LogP contribution is 2.40. The van der Waals surface area contributed by atoms with Crippen LogP contribution in [0, 0.1) is 5.41 Å². The van der Waals surface area contributed by atoms with E-state index in [-0.39, 0.29) is 0 Å². The number of aromatic nitrogens is 2. The van der Waals surface area contributed by atoms with Crippen LogP contribution in [0.3, 0.4) is 0 Å². The predicted octanol–water partition coefficient (Wildman–Crippen LogP) is 3.24. The lowest BCUT2D eigenvalue weighted by atomic mass is 9.93. The monoisotopic (exact) mass is 251 g/mol. The minimum atomic E-state index is 0.386. The second-order valence-electron chi connectivity index (χ2n) is 6.02. The van der Waals surface area contributed by atoms with Crippen molar-refractivity contribution >= 4 is 17.4 Å². The standard InChI is InChI=1S/C13H18ClN3/c1-13(2)5-6-17(8-13)11-7-10(14)15-12(16-11)9-3-4-9/h7,9H,3-6,8H2,1-2H3. The van der Waals surface area contributed by atoms with E-state index in [9.17, 15) is 0 Å². The molecule has 0 bridgehead atoms. The van der Waals surface area contributed by atoms with E-state index in [4.69, 9.17) is 11.6 Å². The lowest BCUT2D eigenvalue weighted by molar-refractivity contribution is 0.418. The molecule has 0 atom stereocenters. The van der Waals surface area contributed by atoms with Crippen molar-refractivity contribution in [2.75, 3.05) is 18.0 Å². The Morgan fingerprint density at radius 3 is 2.71 bits per heavy atom. The second-order valence-corrected chi connectivity index (χ2v) is 6.40. The highest BCUT2D eigenvalue weighted by Gasteiger charge is 2.32. The Morgan fingerprint density at radius 1 is 1.35 bits per heavy atom. The molecular weight excluding hydrogens is 234 g/mol. The van der Waals surface area contributed by atoms with Crippen LogP contribution in [0.4, 0.5) is 5.82 Å². The van der Waals surface area contributed by atoms with Gasteiger partial charge in [0.2, 0.25) is 0 Å². The molecule has 1 aliphatic heterocycles. The molecule has 3 nitrogen and oxygen atoms in total. The molecule has 1 saturated heterocycles. The first-order valence-corrected chi connectivity index (χ1v) is 6.71. The Bertz CT molecular complexity index is 440. The molecule has 0 radical (unpaired) electrons. The summed E-state index contributed by atoms with van der Waals surface area (Å²) in [5.74, 6) is 2.51. The zero-order chi connectivity index (χ0) is 12.0. The summed E-state index contributed by atoms with van der Waals surface area (Å²) in [6.07, 6.45) is 3.64. The third-order valence-corrected chi connectivity index (χ3v) is 3.84. The summed E-state index contributed by atoms with van der Waals surface area (Å²) in [6.45, 7) is 6.74. The van der Waals surface area contributed by atoms with Gasteiger partial charge in [0, 0.05) is 25.1 Å². The van der Waals surface area contributed by atoms with Gasteiger partial charge in [0.25, 0.3) is 0 Å². The maximum Gasteiger partial charge on any atom is 0.135 e. The van der Waals surface area contributed by atoms with Gasteiger partial charge in [-0.25, -0.2) is 9.97 Å². The van der Waals surface area contributed by atoms with Gasteiger partial charge in [-0.2, -0.15) is 0 Å². The van der Waals surface area contributed by atoms with E-state index < -0.39 is 0 Å². The van der Waals surface area contributed by atoms with Gasteiger partial charge in [0.1, 0.15) is 16.8 Å². The van der Waals surface area contributed by atoms with Crippen LogP contribution < -0.4 is 4.90 Å². The van der Waals surface area contributed by atoms with Crippen molar-refractivity contribution in [1.82, 2.24) is 9.97 Å². The summed E-state index contributed by atoms with van der Waals surface area (Å²) >= 11 is 6.09. The third-order valence-electron chi connectivity index (χ3n) is 3.64. The first-order chi connectivity index (χ1) is 8.03. The molecule has 3 rings (SSSR count). The number of rotatable bonds is 2. The summed E-state index contributed by atoms with van der Waals surface area (Å²) in [7, 11) is 0. The van der Waals surface area contributed by atoms with E-state index in [0.29, 0.717) is 16.5 Å². The zero-order valence-corrected chi connectivity index (χ0v) is 11.2. The van der Waals surface area contributed by atoms with E-state index in [1.807, 2.05) is 6.07 Å². The number of anilines is 1. The number of hydrogen-bond acceptors (Lipinski definition) is 3. The molecule has 1 aromatic heterocycles. The second kappa shape index (κ2) is 3.84. The van der Waals surface area contributed by atoms with Crippen molar-refractivity contribution in [3.05, 3.63) is 17.0 Å². The predicted molar refractivity (Wildman–Crippen MR) is 69.6 cm³/mol. The Balaban J connectivity index is 1.87. The van der Waals surface area contributed by atoms with Gasteiger partial charge in [-0.15, -0.1) is 0 Å². The molecule has 1 aromatic rings. The average Bonchev–Trinajstić information content (AvgIpc) is 3.02. The van der Waals surface area contributed by atoms with Crippen LogP contribution in [-0.4, -0.2) is 23.1 Å². The molecule has 0 aromatic carbocycles. The summed E-state index contributed by atoms with van der Waals surface area (Å²) in [4.78, 5) is 11.3. The lowest BCUT2D eigenvalue weighted by Crippen LogP contribution is -2.24. The molecule has 0 amide bonds. The van der Waals surface area contributed by atoms with Crippen LogP contribution >= 0.6 is 11.6 Å². The normalized spacial score (nSPS) is 23.1. The molecule has 4 heteroatoms. The molecule has 0 spiro atoms. The summed E-state index contributed by atoms with van der Waals surface area (Å²) in [5.41, 5.74) is 0.386. The molecule has 17 heavy (non-hydrogen) atoms. The van der Waals surface area contributed by atoms with E-state index in [2.05, 4.69) is 28.7 Å². The van der Waals surface area contributed by atoms with Crippen molar-refractivity contribution in [2.45, 2.75) is 39.0 Å². The molecule has 1 saturated carbocycles. The van der Waals surface area contributed by atoms with Crippen molar-refractivity contribution < 1.29 is 0 Å². The minimum Gasteiger partial charge on any atom is -0.356 e. The van der Waals surface area contributed by atoms with Gasteiger partial charge in [0.05, 0.1) is 0 Å². The summed E-state index contributed by atoms with van der Waals surface area (Å²) < 4.78 is 0. The van der Waals surface area contributed by atoms with Crippen LogP contribution in [-0.2, 0) is 0 Å². The molecule has 2 aliphatic rings. The summed E-state index contributed by atoms with van der Waals surface area (Å²) in [5, 5.41) is 0.585. The smallest absolute Gasteiger partial charge is 0.135 e. The first-order valence-electron chi connectivity index (χ1n) is 6.33. The van der Waals surface area contributed by atoms with Gasteiger partial charge < -0.3 is 4.90 Å². The SMILES string of the molecule is CC1(C)CCN(c2cc(Cl)nc(C3CC3)n2)C1. The lowest BCUT2D eigenvalue weighted by Gasteiger charge is -2.21. The average molecular weight is 252 g/mol. The van der Waals surface area contributed by atoms with E-state index in [1.54, 1.807) is 0 Å². The minimum absolute atomic E-state index is 0.386. The van der Waals surface area contributed by atoms with E-state index in [1.165, 1.54) is 19.3 Å². The maximum absolute atomic E-state index is 6.09. The molecule has 1 aliphatic carbocycles. The van der Waals surface area contributed by atoms with Crippen molar-refractivity contribution in [3.63, 3.8) is 0 Å². The Kier molecular flexibility index (Phi) is 2.54. The Labute approximate surface area is 107 Å². The highest BCUT2D eigenvalue weighted by molar-refractivity contribution is 6.29.